The first-order valence-corrected chi connectivity index (χ1v) is 22.8. The maximum atomic E-state index is 13.7. The predicted octanol–water partition coefficient (Wildman–Crippen LogP) is 5.97. The second-order valence-electron chi connectivity index (χ2n) is 18.6. The number of hydrogen-bond acceptors (Lipinski definition) is 12. The summed E-state index contributed by atoms with van der Waals surface area (Å²) < 4.78 is 35.0. The number of carbonyl (C=O) groups excluding carboxylic acids is 6. The van der Waals surface area contributed by atoms with Crippen LogP contribution in [0.5, 0.6) is 0 Å². The van der Waals surface area contributed by atoms with E-state index in [1.807, 2.05) is 42.5 Å². The van der Waals surface area contributed by atoms with E-state index in [2.05, 4.69) is 10.6 Å². The summed E-state index contributed by atoms with van der Waals surface area (Å²) in [5, 5.41) is 5.42. The quantitative estimate of drug-likeness (QED) is 0.203. The van der Waals surface area contributed by atoms with E-state index in [-0.39, 0.29) is 70.9 Å². The molecule has 3 aliphatic heterocycles. The number of alkyl carbamates (subject to hydrolysis) is 2. The highest BCUT2D eigenvalue weighted by Gasteiger charge is 2.40. The highest BCUT2D eigenvalue weighted by atomic mass is 16.6. The Balaban J connectivity index is 0.986. The van der Waals surface area contributed by atoms with Gasteiger partial charge >= 0.3 is 24.4 Å². The Labute approximate surface area is 392 Å². The predicted molar refractivity (Wildman–Crippen MR) is 245 cm³/mol. The van der Waals surface area contributed by atoms with Crippen LogP contribution in [0.2, 0.25) is 0 Å². The molecule has 0 aliphatic carbocycles. The fourth-order valence-electron chi connectivity index (χ4n) is 7.69. The molecule has 0 spiro atoms. The van der Waals surface area contributed by atoms with Crippen LogP contribution in [0.25, 0.3) is 0 Å². The van der Waals surface area contributed by atoms with Crippen LogP contribution < -0.4 is 10.6 Å². The maximum absolute atomic E-state index is 13.7. The van der Waals surface area contributed by atoms with Crippen LogP contribution in [0.1, 0.15) is 85.4 Å². The molecule has 0 saturated carbocycles. The van der Waals surface area contributed by atoms with E-state index < -0.39 is 53.9 Å². The number of amides is 6. The molecule has 0 radical (unpaired) electrons. The standard InChI is InChI=1S/C49H64N6O12/c1-48(2,3)66-44(58)50-30-35-14-10-16-37(28-35)42(56)52-19-23-54(24-20-52)46(60)64-33-40-41(63-32-34-12-8-7-9-13-34)39(18-27-62-40)65-47(61)55-25-21-53(22-26-55)43(57)38-17-11-15-36(29-38)31-51-45(59)67-49(4,5)6/h7-17,28-29,39-41H,18-27,30-33H2,1-6H3,(H,50,58)(H,51,59)/t39-,40-,41+/m1/s1. The Morgan fingerprint density at radius 1 is 0.597 bits per heavy atom. The molecular formula is C49H64N6O12. The Kier molecular flexibility index (Phi) is 17.1. The normalized spacial score (nSPS) is 18.9. The molecule has 0 aromatic heterocycles. The second kappa shape index (κ2) is 22.9. The van der Waals surface area contributed by atoms with Gasteiger partial charge in [0.05, 0.1) is 13.2 Å². The summed E-state index contributed by atoms with van der Waals surface area (Å²) in [6, 6.07) is 23.6. The zero-order chi connectivity index (χ0) is 48.1. The first-order valence-electron chi connectivity index (χ1n) is 22.8. The molecule has 3 saturated heterocycles. The smallest absolute Gasteiger partial charge is 0.410 e. The number of rotatable bonds is 12. The van der Waals surface area contributed by atoms with Gasteiger partial charge in [-0.15, -0.1) is 0 Å². The topological polar surface area (TPSA) is 195 Å². The molecule has 18 heteroatoms. The molecule has 0 bridgehead atoms. The average molecular weight is 929 g/mol. The Morgan fingerprint density at radius 3 is 1.55 bits per heavy atom. The number of nitrogens with one attached hydrogen (secondary N) is 2. The minimum Gasteiger partial charge on any atom is -0.447 e. The average Bonchev–Trinajstić information content (AvgIpc) is 3.30. The summed E-state index contributed by atoms with van der Waals surface area (Å²) in [4.78, 5) is 84.7. The minimum absolute atomic E-state index is 0.158. The van der Waals surface area contributed by atoms with E-state index in [1.165, 1.54) is 4.90 Å². The fraction of sp³-hybridized carbons (Fsp3) is 0.510. The summed E-state index contributed by atoms with van der Waals surface area (Å²) in [7, 11) is 0. The van der Waals surface area contributed by atoms with E-state index in [0.717, 1.165) is 16.7 Å². The van der Waals surface area contributed by atoms with E-state index in [9.17, 15) is 28.8 Å². The molecule has 362 valence electrons. The lowest BCUT2D eigenvalue weighted by Crippen LogP contribution is -2.55. The SMILES string of the molecule is CC(C)(C)OC(=O)NCc1cccc(C(=O)N2CCN(C(=O)OC[C@H]3OCC[C@@H](OC(=O)N4CCN(C(=O)c5cccc(CNC(=O)OC(C)(C)C)c5)CC4)[C@@H]3OCc3ccccc3)CC2)c1. The van der Waals surface area contributed by atoms with E-state index in [0.29, 0.717) is 43.7 Å². The monoisotopic (exact) mass is 928 g/mol. The zero-order valence-corrected chi connectivity index (χ0v) is 39.3. The van der Waals surface area contributed by atoms with Gasteiger partial charge in [0, 0.05) is 83.0 Å². The van der Waals surface area contributed by atoms with Crippen molar-refractivity contribution in [2.24, 2.45) is 0 Å². The number of ether oxygens (including phenoxy) is 6. The van der Waals surface area contributed by atoms with E-state index in [4.69, 9.17) is 28.4 Å². The molecule has 3 aromatic rings. The van der Waals surface area contributed by atoms with E-state index in [1.54, 1.807) is 92.6 Å². The van der Waals surface area contributed by atoms with Crippen LogP contribution in [-0.4, -0.2) is 151 Å². The summed E-state index contributed by atoms with van der Waals surface area (Å²) >= 11 is 0. The first kappa shape index (κ1) is 50.0. The molecule has 0 unspecified atom stereocenters. The lowest BCUT2D eigenvalue weighted by Gasteiger charge is -2.39. The molecule has 6 amide bonds. The summed E-state index contributed by atoms with van der Waals surface area (Å²) in [5.41, 5.74) is 2.05. The molecule has 3 atom stereocenters. The molecule has 18 nitrogen and oxygen atoms in total. The van der Waals surface area contributed by atoms with Gasteiger partial charge in [0.15, 0.2) is 0 Å². The van der Waals surface area contributed by atoms with Gasteiger partial charge in [0.25, 0.3) is 11.8 Å². The van der Waals surface area contributed by atoms with E-state index >= 15 is 0 Å². The van der Waals surface area contributed by atoms with Crippen molar-refractivity contribution in [3.8, 4) is 0 Å². The fourth-order valence-corrected chi connectivity index (χ4v) is 7.69. The van der Waals surface area contributed by atoms with Crippen LogP contribution in [0, 0.1) is 0 Å². The van der Waals surface area contributed by atoms with Gasteiger partial charge in [-0.05, 0) is 82.5 Å². The molecule has 3 fully saturated rings. The number of carbonyl (C=O) groups is 6. The lowest BCUT2D eigenvalue weighted by atomic mass is 10.0. The molecule has 3 heterocycles. The summed E-state index contributed by atoms with van der Waals surface area (Å²) in [5.74, 6) is -0.377. The molecular weight excluding hydrogens is 865 g/mol. The zero-order valence-electron chi connectivity index (χ0n) is 39.3. The lowest BCUT2D eigenvalue weighted by molar-refractivity contribution is -0.178. The number of benzene rings is 3. The Bertz CT molecular complexity index is 2180. The van der Waals surface area contributed by atoms with Crippen molar-refractivity contribution in [2.45, 2.75) is 97.2 Å². The molecule has 3 aromatic carbocycles. The summed E-state index contributed by atoms with van der Waals surface area (Å²) in [6.07, 6.45) is -4.09. The third kappa shape index (κ3) is 15.3. The van der Waals surface area contributed by atoms with Gasteiger partial charge in [0.1, 0.15) is 36.1 Å². The van der Waals surface area contributed by atoms with Gasteiger partial charge in [-0.3, -0.25) is 9.59 Å². The molecule has 3 aliphatic rings. The second-order valence-corrected chi connectivity index (χ2v) is 18.6. The molecule has 6 rings (SSSR count). The van der Waals surface area contributed by atoms with Gasteiger partial charge in [-0.1, -0.05) is 54.6 Å². The highest BCUT2D eigenvalue weighted by molar-refractivity contribution is 5.95. The van der Waals surface area contributed by atoms with Crippen molar-refractivity contribution in [3.63, 3.8) is 0 Å². The number of nitrogens with zero attached hydrogens (tertiary/aromatic N) is 4. The van der Waals surface area contributed by atoms with Crippen molar-refractivity contribution in [1.29, 1.82) is 0 Å². The number of piperazine rings is 2. The van der Waals surface area contributed by atoms with Crippen LogP contribution in [0.4, 0.5) is 19.2 Å². The van der Waals surface area contributed by atoms with Crippen LogP contribution >= 0.6 is 0 Å². The molecule has 67 heavy (non-hydrogen) atoms. The third-order valence-corrected chi connectivity index (χ3v) is 11.0. The van der Waals surface area contributed by atoms with Crippen molar-refractivity contribution >= 4 is 36.2 Å². The highest BCUT2D eigenvalue weighted by Crippen LogP contribution is 2.25. The van der Waals surface area contributed by atoms with Crippen molar-refractivity contribution in [3.05, 3.63) is 107 Å². The van der Waals surface area contributed by atoms with Crippen LogP contribution in [-0.2, 0) is 48.1 Å². The summed E-state index contributed by atoms with van der Waals surface area (Å²) in [6.45, 7) is 13.5. The van der Waals surface area contributed by atoms with Gasteiger partial charge in [0.2, 0.25) is 0 Å². The van der Waals surface area contributed by atoms with Gasteiger partial charge < -0.3 is 58.7 Å². The van der Waals surface area contributed by atoms with Crippen LogP contribution in [0.15, 0.2) is 78.9 Å². The van der Waals surface area contributed by atoms with Crippen molar-refractivity contribution in [1.82, 2.24) is 30.2 Å². The van der Waals surface area contributed by atoms with Crippen LogP contribution in [0.3, 0.4) is 0 Å². The first-order chi connectivity index (χ1) is 31.9. The Hall–Kier alpha value is -6.40. The number of hydrogen-bond donors (Lipinski definition) is 2. The van der Waals surface area contributed by atoms with Gasteiger partial charge in [-0.2, -0.15) is 0 Å². The largest absolute Gasteiger partial charge is 0.447 e. The van der Waals surface area contributed by atoms with Crippen molar-refractivity contribution < 1.29 is 57.2 Å². The third-order valence-electron chi connectivity index (χ3n) is 11.0. The molecule has 2 N–H and O–H groups in total. The van der Waals surface area contributed by atoms with Crippen molar-refractivity contribution in [2.75, 3.05) is 65.6 Å². The Morgan fingerprint density at radius 2 is 1.06 bits per heavy atom. The minimum atomic E-state index is -0.768. The van der Waals surface area contributed by atoms with Gasteiger partial charge in [-0.25, -0.2) is 19.2 Å². The maximum Gasteiger partial charge on any atom is 0.410 e.